The van der Waals surface area contributed by atoms with Crippen LogP contribution in [0.1, 0.15) is 48.2 Å². The Kier molecular flexibility index (Phi) is 6.75. The molecule has 2 aliphatic heterocycles. The predicted molar refractivity (Wildman–Crippen MR) is 175 cm³/mol. The van der Waals surface area contributed by atoms with E-state index in [1.54, 1.807) is 7.11 Å². The van der Waals surface area contributed by atoms with E-state index in [4.69, 9.17) is 31.4 Å². The van der Waals surface area contributed by atoms with Crippen LogP contribution in [0.3, 0.4) is 0 Å². The van der Waals surface area contributed by atoms with Gasteiger partial charge in [-0.2, -0.15) is 5.10 Å². The highest BCUT2D eigenvalue weighted by Crippen LogP contribution is 2.48. The van der Waals surface area contributed by atoms with Gasteiger partial charge in [-0.1, -0.05) is 80.0 Å². The molecule has 7 nitrogen and oxygen atoms in total. The smallest absolute Gasteiger partial charge is 0.179 e. The number of nitrogens with one attached hydrogen (secondary N) is 1. The summed E-state index contributed by atoms with van der Waals surface area (Å²) in [6.45, 7) is 6.50. The minimum atomic E-state index is -0.186. The van der Waals surface area contributed by atoms with Crippen molar-refractivity contribution in [3.05, 3.63) is 124 Å². The Labute approximate surface area is 256 Å². The largest absolute Gasteiger partial charge is 0.495 e. The van der Waals surface area contributed by atoms with Crippen LogP contribution in [0.4, 0.5) is 22.9 Å². The molecular weight excluding hydrogens is 556 g/mol. The summed E-state index contributed by atoms with van der Waals surface area (Å²) in [4.78, 5) is 12.7. The second-order valence-corrected chi connectivity index (χ2v) is 11.4. The molecule has 8 heteroatoms. The molecule has 1 atom stereocenters. The maximum Gasteiger partial charge on any atom is 0.179 e. The van der Waals surface area contributed by atoms with Crippen molar-refractivity contribution < 1.29 is 4.74 Å². The summed E-state index contributed by atoms with van der Waals surface area (Å²) in [5.74, 6) is 3.15. The highest BCUT2D eigenvalue weighted by Gasteiger charge is 2.41. The minimum absolute atomic E-state index is 0.186. The summed E-state index contributed by atoms with van der Waals surface area (Å²) in [6, 6.07) is 32.7. The molecule has 5 aromatic rings. The third kappa shape index (κ3) is 4.66. The number of amidine groups is 2. The molecule has 2 aliphatic rings. The first kappa shape index (κ1) is 27.0. The lowest BCUT2D eigenvalue weighted by atomic mass is 9.91. The van der Waals surface area contributed by atoms with E-state index in [2.05, 4.69) is 73.5 Å². The van der Waals surface area contributed by atoms with E-state index in [1.165, 1.54) is 5.56 Å². The zero-order chi connectivity index (χ0) is 29.7. The van der Waals surface area contributed by atoms with Crippen LogP contribution in [0.5, 0.6) is 5.75 Å². The van der Waals surface area contributed by atoms with Crippen LogP contribution >= 0.6 is 11.6 Å². The molecule has 0 amide bonds. The maximum absolute atomic E-state index is 6.50. The molecule has 4 aromatic carbocycles. The van der Waals surface area contributed by atoms with Gasteiger partial charge in [0.1, 0.15) is 5.75 Å². The van der Waals surface area contributed by atoms with Crippen molar-refractivity contribution in [2.45, 2.75) is 32.7 Å². The van der Waals surface area contributed by atoms with Gasteiger partial charge < -0.3 is 15.0 Å². The fourth-order valence-electron chi connectivity index (χ4n) is 5.81. The summed E-state index contributed by atoms with van der Waals surface area (Å²) >= 11 is 6.50. The summed E-state index contributed by atoms with van der Waals surface area (Å²) in [5, 5.41) is 9.05. The van der Waals surface area contributed by atoms with Gasteiger partial charge in [-0.25, -0.2) is 14.7 Å². The van der Waals surface area contributed by atoms with Crippen LogP contribution in [-0.4, -0.2) is 28.6 Å². The lowest BCUT2D eigenvalue weighted by Crippen LogP contribution is -2.46. The Balaban J connectivity index is 1.46. The van der Waals surface area contributed by atoms with Crippen molar-refractivity contribution in [2.75, 3.05) is 17.3 Å². The van der Waals surface area contributed by atoms with Gasteiger partial charge in [0.25, 0.3) is 0 Å². The van der Waals surface area contributed by atoms with E-state index in [0.717, 1.165) is 45.4 Å². The number of benzene rings is 4. The number of aryl methyl sites for hydroxylation is 1. The monoisotopic (exact) mass is 586 g/mol. The van der Waals surface area contributed by atoms with Crippen LogP contribution in [0.15, 0.2) is 107 Å². The van der Waals surface area contributed by atoms with E-state index in [1.807, 2.05) is 59.3 Å². The van der Waals surface area contributed by atoms with E-state index in [-0.39, 0.29) is 6.04 Å². The second kappa shape index (κ2) is 10.7. The van der Waals surface area contributed by atoms with Gasteiger partial charge in [-0.15, -0.1) is 0 Å². The lowest BCUT2D eigenvalue weighted by molar-refractivity contribution is 0.415. The number of hydrogen-bond donors (Lipinski definition) is 1. The average Bonchev–Trinajstić information content (AvgIpc) is 3.36. The molecule has 3 heterocycles. The van der Waals surface area contributed by atoms with Crippen LogP contribution in [-0.2, 0) is 0 Å². The number of methoxy groups -OCH3 is 1. The molecule has 0 radical (unpaired) electrons. The van der Waals surface area contributed by atoms with Crippen molar-refractivity contribution in [1.29, 1.82) is 0 Å². The Morgan fingerprint density at radius 3 is 2.35 bits per heavy atom. The standard InChI is InChI=1S/C35H31ClN6O/c1-21(2)23-14-16-24(17-15-23)32-31-22(3)40-42(26-10-6-5-7-11-26)34(31)39-35-33(37-25-18-19-30(43-4)27(36)20-25)38-28-12-8-9-13-29(28)41(32)35/h5-21,32H,1-4H3,(H,37,38). The topological polar surface area (TPSA) is 67.0 Å². The van der Waals surface area contributed by atoms with Gasteiger partial charge in [0.05, 0.1) is 40.9 Å². The van der Waals surface area contributed by atoms with E-state index in [9.17, 15) is 0 Å². The highest BCUT2D eigenvalue weighted by molar-refractivity contribution is 6.51. The third-order valence-electron chi connectivity index (χ3n) is 7.97. The normalized spacial score (nSPS) is 15.3. The quantitative estimate of drug-likeness (QED) is 0.223. The first-order valence-electron chi connectivity index (χ1n) is 14.3. The fraction of sp³-hybridized carbons (Fsp3) is 0.171. The van der Waals surface area contributed by atoms with E-state index < -0.39 is 0 Å². The maximum atomic E-state index is 6.50. The van der Waals surface area contributed by atoms with E-state index in [0.29, 0.717) is 28.4 Å². The van der Waals surface area contributed by atoms with Gasteiger partial charge in [0, 0.05) is 11.3 Å². The second-order valence-electron chi connectivity index (χ2n) is 11.0. The van der Waals surface area contributed by atoms with E-state index >= 15 is 0 Å². The SMILES string of the molecule is COc1ccc(NC2=Nc3ccccc3N3C2=Nc2c(c(C)nn2-c2ccccc2)C3c2ccc(C(C)C)cc2)cc1Cl. The van der Waals surface area contributed by atoms with Gasteiger partial charge >= 0.3 is 0 Å². The number of hydrogen-bond acceptors (Lipinski definition) is 6. The van der Waals surface area contributed by atoms with Crippen molar-refractivity contribution in [1.82, 2.24) is 9.78 Å². The first-order valence-corrected chi connectivity index (χ1v) is 14.7. The van der Waals surface area contributed by atoms with Gasteiger partial charge in [-0.3, -0.25) is 0 Å². The zero-order valence-corrected chi connectivity index (χ0v) is 25.2. The highest BCUT2D eigenvalue weighted by atomic mass is 35.5. The number of fused-ring (bicyclic) bond motifs is 4. The number of halogens is 1. The summed E-state index contributed by atoms with van der Waals surface area (Å²) < 4.78 is 7.31. The van der Waals surface area contributed by atoms with Gasteiger partial charge in [0.2, 0.25) is 0 Å². The molecule has 1 unspecified atom stereocenters. The van der Waals surface area contributed by atoms with Crippen molar-refractivity contribution in [3.8, 4) is 11.4 Å². The van der Waals surface area contributed by atoms with Crippen LogP contribution in [0.25, 0.3) is 5.69 Å². The summed E-state index contributed by atoms with van der Waals surface area (Å²) in [7, 11) is 1.61. The number of aliphatic imine (C=N–C) groups is 2. The molecule has 214 valence electrons. The summed E-state index contributed by atoms with van der Waals surface area (Å²) in [5.41, 5.74) is 8.00. The van der Waals surface area contributed by atoms with Crippen molar-refractivity contribution >= 4 is 46.2 Å². The molecule has 0 bridgehead atoms. The Bertz CT molecular complexity index is 1890. The van der Waals surface area contributed by atoms with Gasteiger partial charge in [-0.05, 0) is 66.4 Å². The predicted octanol–water partition coefficient (Wildman–Crippen LogP) is 8.76. The minimum Gasteiger partial charge on any atom is -0.495 e. The molecule has 1 N–H and O–H groups in total. The number of rotatable bonds is 5. The number of nitrogens with zero attached hydrogens (tertiary/aromatic N) is 5. The van der Waals surface area contributed by atoms with Crippen LogP contribution in [0.2, 0.25) is 5.02 Å². The molecule has 7 rings (SSSR count). The molecule has 0 fully saturated rings. The Morgan fingerprint density at radius 1 is 0.884 bits per heavy atom. The molecule has 0 spiro atoms. The number of aromatic nitrogens is 2. The third-order valence-corrected chi connectivity index (χ3v) is 8.27. The molecule has 1 aromatic heterocycles. The fourth-order valence-corrected chi connectivity index (χ4v) is 6.06. The number of ether oxygens (including phenoxy) is 1. The molecule has 0 saturated heterocycles. The van der Waals surface area contributed by atoms with Crippen molar-refractivity contribution in [2.24, 2.45) is 9.98 Å². The zero-order valence-electron chi connectivity index (χ0n) is 24.4. The number of para-hydroxylation sites is 3. The molecule has 0 aliphatic carbocycles. The van der Waals surface area contributed by atoms with Crippen molar-refractivity contribution in [3.63, 3.8) is 0 Å². The first-order chi connectivity index (χ1) is 20.9. The average molecular weight is 587 g/mol. The molecule has 43 heavy (non-hydrogen) atoms. The Morgan fingerprint density at radius 2 is 1.63 bits per heavy atom. The lowest BCUT2D eigenvalue weighted by Gasteiger charge is -2.40. The molecular formula is C35H31ClN6O. The van der Waals surface area contributed by atoms with Crippen LogP contribution in [0, 0.1) is 6.92 Å². The Hall–Kier alpha value is -4.88. The summed E-state index contributed by atoms with van der Waals surface area (Å²) in [6.07, 6.45) is 0. The van der Waals surface area contributed by atoms with Crippen LogP contribution < -0.4 is 15.0 Å². The van der Waals surface area contributed by atoms with Gasteiger partial charge in [0.15, 0.2) is 17.5 Å². The molecule has 0 saturated carbocycles. The number of anilines is 2.